The van der Waals surface area contributed by atoms with E-state index in [-0.39, 0.29) is 24.9 Å². The maximum atomic E-state index is 11.2. The van der Waals surface area contributed by atoms with Crippen molar-refractivity contribution >= 4 is 11.8 Å². The van der Waals surface area contributed by atoms with Crippen LogP contribution in [0.1, 0.15) is 5.82 Å². The molecular formula is C8H13N5O2. The molecule has 82 valence electrons. The second kappa shape index (κ2) is 5.76. The van der Waals surface area contributed by atoms with Gasteiger partial charge in [-0.05, 0) is 0 Å². The first-order valence-electron chi connectivity index (χ1n) is 4.44. The standard InChI is InChI=1S/C8H13N5O2/c9-3-7(14)13-5-8(15)12-4-6-10-1-2-11-6/h1-2H,3-5,9H2,(H,10,11)(H,12,15)(H,13,14). The molecule has 0 saturated carbocycles. The molecule has 5 N–H and O–H groups in total. The van der Waals surface area contributed by atoms with Crippen molar-refractivity contribution in [3.63, 3.8) is 0 Å². The Labute approximate surface area is 86.4 Å². The number of rotatable bonds is 5. The number of carbonyl (C=O) groups is 2. The normalized spacial score (nSPS) is 9.67. The summed E-state index contributed by atoms with van der Waals surface area (Å²) in [6, 6.07) is 0. The van der Waals surface area contributed by atoms with Crippen LogP contribution in [0.25, 0.3) is 0 Å². The van der Waals surface area contributed by atoms with Crippen molar-refractivity contribution in [3.8, 4) is 0 Å². The van der Waals surface area contributed by atoms with Gasteiger partial charge in [-0.3, -0.25) is 9.59 Å². The van der Waals surface area contributed by atoms with Crippen LogP contribution < -0.4 is 16.4 Å². The molecule has 0 radical (unpaired) electrons. The highest BCUT2D eigenvalue weighted by atomic mass is 16.2. The van der Waals surface area contributed by atoms with E-state index < -0.39 is 0 Å². The lowest BCUT2D eigenvalue weighted by Crippen LogP contribution is -2.39. The van der Waals surface area contributed by atoms with Gasteiger partial charge in [0, 0.05) is 12.4 Å². The van der Waals surface area contributed by atoms with E-state index >= 15 is 0 Å². The van der Waals surface area contributed by atoms with Crippen LogP contribution in [0.3, 0.4) is 0 Å². The number of nitrogens with one attached hydrogen (secondary N) is 3. The number of carbonyl (C=O) groups excluding carboxylic acids is 2. The molecule has 0 unspecified atom stereocenters. The fourth-order valence-corrected chi connectivity index (χ4v) is 0.890. The highest BCUT2D eigenvalue weighted by molar-refractivity contribution is 5.85. The number of hydrogen-bond acceptors (Lipinski definition) is 4. The summed E-state index contributed by atoms with van der Waals surface area (Å²) in [5.74, 6) is 0.0184. The SMILES string of the molecule is NCC(=O)NCC(=O)NCc1ncc[nH]1. The summed E-state index contributed by atoms with van der Waals surface area (Å²) in [5.41, 5.74) is 5.05. The molecule has 0 aliphatic carbocycles. The van der Waals surface area contributed by atoms with E-state index in [1.165, 1.54) is 0 Å². The number of amides is 2. The summed E-state index contributed by atoms with van der Waals surface area (Å²) in [6.07, 6.45) is 3.26. The second-order valence-corrected chi connectivity index (χ2v) is 2.79. The molecule has 0 bridgehead atoms. The molecule has 0 aliphatic heterocycles. The number of aromatic nitrogens is 2. The smallest absolute Gasteiger partial charge is 0.239 e. The van der Waals surface area contributed by atoms with Crippen LogP contribution in [0, 0.1) is 0 Å². The number of H-pyrrole nitrogens is 1. The molecule has 7 heteroatoms. The molecule has 0 atom stereocenters. The lowest BCUT2D eigenvalue weighted by Gasteiger charge is -2.04. The molecule has 0 fully saturated rings. The van der Waals surface area contributed by atoms with E-state index in [4.69, 9.17) is 5.73 Å². The quantitative estimate of drug-likeness (QED) is 0.455. The number of aromatic amines is 1. The Morgan fingerprint density at radius 3 is 2.80 bits per heavy atom. The maximum absolute atomic E-state index is 11.2. The Bertz CT molecular complexity index is 322. The van der Waals surface area contributed by atoms with E-state index in [1.54, 1.807) is 12.4 Å². The largest absolute Gasteiger partial charge is 0.347 e. The van der Waals surface area contributed by atoms with Crippen molar-refractivity contribution in [2.75, 3.05) is 13.1 Å². The van der Waals surface area contributed by atoms with Gasteiger partial charge in [-0.15, -0.1) is 0 Å². The minimum absolute atomic E-state index is 0.0727. The molecule has 0 aliphatic rings. The Morgan fingerprint density at radius 1 is 1.40 bits per heavy atom. The molecule has 1 rings (SSSR count). The predicted octanol–water partition coefficient (Wildman–Crippen LogP) is -1.90. The zero-order valence-corrected chi connectivity index (χ0v) is 8.12. The fraction of sp³-hybridized carbons (Fsp3) is 0.375. The van der Waals surface area contributed by atoms with Crippen LogP contribution in [0.2, 0.25) is 0 Å². The van der Waals surface area contributed by atoms with Crippen LogP contribution in [-0.4, -0.2) is 34.9 Å². The third-order valence-electron chi connectivity index (χ3n) is 1.64. The lowest BCUT2D eigenvalue weighted by molar-refractivity contribution is -0.125. The van der Waals surface area contributed by atoms with Crippen LogP contribution in [0.5, 0.6) is 0 Å². The Balaban J connectivity index is 2.16. The average molecular weight is 211 g/mol. The third kappa shape index (κ3) is 4.23. The predicted molar refractivity (Wildman–Crippen MR) is 52.5 cm³/mol. The topological polar surface area (TPSA) is 113 Å². The van der Waals surface area contributed by atoms with E-state index in [0.717, 1.165) is 0 Å². The first-order chi connectivity index (χ1) is 7.22. The van der Waals surface area contributed by atoms with Crippen LogP contribution in [0.4, 0.5) is 0 Å². The van der Waals surface area contributed by atoms with Gasteiger partial charge < -0.3 is 21.4 Å². The monoisotopic (exact) mass is 211 g/mol. The van der Waals surface area contributed by atoms with E-state index in [9.17, 15) is 9.59 Å². The van der Waals surface area contributed by atoms with Gasteiger partial charge in [0.15, 0.2) is 0 Å². The van der Waals surface area contributed by atoms with Gasteiger partial charge in [-0.25, -0.2) is 4.98 Å². The van der Waals surface area contributed by atoms with Crippen molar-refractivity contribution in [1.29, 1.82) is 0 Å². The van der Waals surface area contributed by atoms with Gasteiger partial charge in [-0.1, -0.05) is 0 Å². The molecule has 7 nitrogen and oxygen atoms in total. The number of nitrogens with zero attached hydrogens (tertiary/aromatic N) is 1. The molecule has 2 amide bonds. The van der Waals surface area contributed by atoms with Crippen LogP contribution >= 0.6 is 0 Å². The molecule has 15 heavy (non-hydrogen) atoms. The minimum Gasteiger partial charge on any atom is -0.347 e. The molecule has 0 aromatic carbocycles. The van der Waals surface area contributed by atoms with Gasteiger partial charge in [0.05, 0.1) is 19.6 Å². The van der Waals surface area contributed by atoms with Gasteiger partial charge >= 0.3 is 0 Å². The van der Waals surface area contributed by atoms with Crippen molar-refractivity contribution in [1.82, 2.24) is 20.6 Å². The first kappa shape index (κ1) is 11.2. The molecule has 1 aromatic rings. The van der Waals surface area contributed by atoms with Crippen molar-refractivity contribution < 1.29 is 9.59 Å². The number of hydrogen-bond donors (Lipinski definition) is 4. The summed E-state index contributed by atoms with van der Waals surface area (Å²) in [4.78, 5) is 28.6. The summed E-state index contributed by atoms with van der Waals surface area (Å²) >= 11 is 0. The Morgan fingerprint density at radius 2 is 2.20 bits per heavy atom. The third-order valence-corrected chi connectivity index (χ3v) is 1.64. The summed E-state index contributed by atoms with van der Waals surface area (Å²) in [7, 11) is 0. The number of imidazole rings is 1. The summed E-state index contributed by atoms with van der Waals surface area (Å²) < 4.78 is 0. The van der Waals surface area contributed by atoms with Crippen LogP contribution in [0.15, 0.2) is 12.4 Å². The molecular weight excluding hydrogens is 198 g/mol. The van der Waals surface area contributed by atoms with Crippen molar-refractivity contribution in [2.24, 2.45) is 5.73 Å². The molecule has 0 spiro atoms. The van der Waals surface area contributed by atoms with Gasteiger partial charge in [0.1, 0.15) is 5.82 Å². The second-order valence-electron chi connectivity index (χ2n) is 2.79. The fourth-order valence-electron chi connectivity index (χ4n) is 0.890. The van der Waals surface area contributed by atoms with E-state index in [0.29, 0.717) is 12.4 Å². The van der Waals surface area contributed by atoms with Gasteiger partial charge in [0.25, 0.3) is 0 Å². The first-order valence-corrected chi connectivity index (χ1v) is 4.44. The average Bonchev–Trinajstić information content (AvgIpc) is 2.75. The highest BCUT2D eigenvalue weighted by Gasteiger charge is 2.03. The molecule has 1 aromatic heterocycles. The Hall–Kier alpha value is -1.89. The molecule has 1 heterocycles. The van der Waals surface area contributed by atoms with Crippen molar-refractivity contribution in [2.45, 2.75) is 6.54 Å². The lowest BCUT2D eigenvalue weighted by atomic mass is 10.5. The zero-order valence-electron chi connectivity index (χ0n) is 8.12. The Kier molecular flexibility index (Phi) is 4.30. The minimum atomic E-state index is -0.358. The number of nitrogens with two attached hydrogens (primary N) is 1. The van der Waals surface area contributed by atoms with E-state index in [1.807, 2.05) is 0 Å². The van der Waals surface area contributed by atoms with Crippen LogP contribution in [-0.2, 0) is 16.1 Å². The zero-order chi connectivity index (χ0) is 11.1. The highest BCUT2D eigenvalue weighted by Crippen LogP contribution is 1.85. The summed E-state index contributed by atoms with van der Waals surface area (Å²) in [5, 5.41) is 4.93. The summed E-state index contributed by atoms with van der Waals surface area (Å²) in [6.45, 7) is 0.118. The van der Waals surface area contributed by atoms with E-state index in [2.05, 4.69) is 20.6 Å². The van der Waals surface area contributed by atoms with Gasteiger partial charge in [0.2, 0.25) is 11.8 Å². The van der Waals surface area contributed by atoms with Gasteiger partial charge in [-0.2, -0.15) is 0 Å². The van der Waals surface area contributed by atoms with Crippen molar-refractivity contribution in [3.05, 3.63) is 18.2 Å². The maximum Gasteiger partial charge on any atom is 0.239 e. The molecule has 0 saturated heterocycles.